The van der Waals surface area contributed by atoms with Gasteiger partial charge in [-0.3, -0.25) is 0 Å². The fraction of sp³-hybridized carbons (Fsp3) is 0.214. The maximum atomic E-state index is 5.98. The maximum Gasteiger partial charge on any atom is 0.226 e. The van der Waals surface area contributed by atoms with Crippen molar-refractivity contribution in [2.45, 2.75) is 21.4 Å². The van der Waals surface area contributed by atoms with Crippen LogP contribution in [0.5, 0.6) is 0 Å². The number of hydrogen-bond donors (Lipinski definition) is 0. The molecule has 0 N–H and O–H groups in total. The van der Waals surface area contributed by atoms with Crippen molar-refractivity contribution in [2.75, 3.05) is 5.75 Å². The number of nitrogens with zero attached hydrogens (tertiary/aromatic N) is 3. The van der Waals surface area contributed by atoms with Crippen molar-refractivity contribution in [2.24, 2.45) is 0 Å². The largest absolute Gasteiger partial charge is 0.444 e. The van der Waals surface area contributed by atoms with Gasteiger partial charge in [-0.2, -0.15) is 0 Å². The minimum absolute atomic E-state index is 0.581. The van der Waals surface area contributed by atoms with Gasteiger partial charge >= 0.3 is 0 Å². The highest BCUT2D eigenvalue weighted by Crippen LogP contribution is 2.31. The van der Waals surface area contributed by atoms with Gasteiger partial charge in [-0.25, -0.2) is 4.98 Å². The van der Waals surface area contributed by atoms with E-state index in [1.165, 1.54) is 0 Å². The lowest BCUT2D eigenvalue weighted by Gasteiger charge is -1.95. The first kappa shape index (κ1) is 15.9. The molecule has 0 bridgehead atoms. The van der Waals surface area contributed by atoms with Crippen LogP contribution in [0.3, 0.4) is 0 Å². The molecule has 0 aliphatic heterocycles. The summed E-state index contributed by atoms with van der Waals surface area (Å²) in [7, 11) is 0. The molecule has 8 heteroatoms. The third-order valence-electron chi connectivity index (χ3n) is 2.62. The van der Waals surface area contributed by atoms with Crippen LogP contribution in [-0.2, 0) is 5.75 Å². The van der Waals surface area contributed by atoms with E-state index in [9.17, 15) is 0 Å². The molecule has 0 amide bonds. The Morgan fingerprint density at radius 1 is 1.23 bits per heavy atom. The summed E-state index contributed by atoms with van der Waals surface area (Å²) in [5.41, 5.74) is 1.75. The van der Waals surface area contributed by atoms with Crippen LogP contribution < -0.4 is 0 Å². The number of aromatic nitrogens is 3. The molecule has 0 atom stereocenters. The smallest absolute Gasteiger partial charge is 0.226 e. The molecule has 0 aliphatic rings. The summed E-state index contributed by atoms with van der Waals surface area (Å²) in [6.07, 6.45) is 1.67. The summed E-state index contributed by atoms with van der Waals surface area (Å²) < 4.78 is 7.47. The Hall–Kier alpha value is -1.02. The molecule has 0 saturated heterocycles. The van der Waals surface area contributed by atoms with Gasteiger partial charge in [-0.05, 0) is 24.0 Å². The Bertz CT molecular complexity index is 759. The van der Waals surface area contributed by atoms with Gasteiger partial charge in [0.25, 0.3) is 0 Å². The van der Waals surface area contributed by atoms with Crippen LogP contribution in [0.2, 0.25) is 5.02 Å². The molecule has 2 aromatic heterocycles. The number of hydrogen-bond acceptors (Lipinski definition) is 7. The molecule has 4 nitrogen and oxygen atoms in total. The zero-order valence-corrected chi connectivity index (χ0v) is 14.9. The number of halogens is 1. The van der Waals surface area contributed by atoms with E-state index in [1.54, 1.807) is 41.1 Å². The third-order valence-corrected chi connectivity index (χ3v) is 5.96. The molecule has 114 valence electrons. The summed E-state index contributed by atoms with van der Waals surface area (Å²) in [6, 6.07) is 7.47. The van der Waals surface area contributed by atoms with Gasteiger partial charge in [-0.1, -0.05) is 59.5 Å². The van der Waals surface area contributed by atoms with Crippen LogP contribution in [0.4, 0.5) is 0 Å². The fourth-order valence-electron chi connectivity index (χ4n) is 1.70. The summed E-state index contributed by atoms with van der Waals surface area (Å²) >= 11 is 10.9. The molecule has 0 fully saturated rings. The quantitative estimate of drug-likeness (QED) is 0.553. The number of benzene rings is 1. The highest BCUT2D eigenvalue weighted by molar-refractivity contribution is 8.02. The van der Waals surface area contributed by atoms with Crippen molar-refractivity contribution in [3.8, 4) is 11.5 Å². The van der Waals surface area contributed by atoms with E-state index in [0.717, 1.165) is 25.7 Å². The fourth-order valence-corrected chi connectivity index (χ4v) is 4.68. The van der Waals surface area contributed by atoms with Gasteiger partial charge in [0.2, 0.25) is 5.89 Å². The topological polar surface area (TPSA) is 51.8 Å². The second kappa shape index (κ2) is 7.50. The van der Waals surface area contributed by atoms with Crippen molar-refractivity contribution < 1.29 is 4.42 Å². The standard InChI is InChI=1S/C14H12ClN3OS3/c1-2-20-13-17-18-14(22-13)21-8-11-7-19-12(16-11)9-4-3-5-10(15)6-9/h3-7H,2,8H2,1H3. The van der Waals surface area contributed by atoms with Crippen LogP contribution in [0.15, 0.2) is 43.6 Å². The van der Waals surface area contributed by atoms with Crippen LogP contribution in [0, 0.1) is 0 Å². The molecule has 0 spiro atoms. The van der Waals surface area contributed by atoms with Gasteiger partial charge in [0.05, 0.1) is 5.69 Å². The molecular weight excluding hydrogens is 358 g/mol. The average Bonchev–Trinajstić information content (AvgIpc) is 3.15. The molecule has 3 aromatic rings. The molecule has 3 rings (SSSR count). The molecule has 1 aromatic carbocycles. The van der Waals surface area contributed by atoms with Crippen LogP contribution in [-0.4, -0.2) is 20.9 Å². The highest BCUT2D eigenvalue weighted by atomic mass is 35.5. The van der Waals surface area contributed by atoms with E-state index in [2.05, 4.69) is 22.1 Å². The van der Waals surface area contributed by atoms with Crippen LogP contribution in [0.1, 0.15) is 12.6 Å². The average molecular weight is 370 g/mol. The van der Waals surface area contributed by atoms with E-state index < -0.39 is 0 Å². The van der Waals surface area contributed by atoms with E-state index in [4.69, 9.17) is 16.0 Å². The van der Waals surface area contributed by atoms with Crippen molar-refractivity contribution in [3.63, 3.8) is 0 Å². The molecule has 0 unspecified atom stereocenters. The first-order chi connectivity index (χ1) is 10.7. The Labute approximate surface area is 145 Å². The molecule has 0 radical (unpaired) electrons. The second-order valence-electron chi connectivity index (χ2n) is 4.21. The van der Waals surface area contributed by atoms with Crippen LogP contribution in [0.25, 0.3) is 11.5 Å². The number of rotatable bonds is 6. The molecular formula is C14H12ClN3OS3. The maximum absolute atomic E-state index is 5.98. The van der Waals surface area contributed by atoms with Gasteiger partial charge in [0.1, 0.15) is 6.26 Å². The van der Waals surface area contributed by atoms with E-state index in [1.807, 2.05) is 24.3 Å². The molecule has 22 heavy (non-hydrogen) atoms. The van der Waals surface area contributed by atoms with Crippen molar-refractivity contribution >= 4 is 46.5 Å². The Balaban J connectivity index is 1.64. The summed E-state index contributed by atoms with van der Waals surface area (Å²) in [5, 5.41) is 8.96. The van der Waals surface area contributed by atoms with Gasteiger partial charge < -0.3 is 4.42 Å². The predicted molar refractivity (Wildman–Crippen MR) is 92.8 cm³/mol. The summed E-state index contributed by atoms with van der Waals surface area (Å²) in [4.78, 5) is 4.48. The first-order valence-electron chi connectivity index (χ1n) is 6.54. The van der Waals surface area contributed by atoms with Gasteiger partial charge in [-0.15, -0.1) is 10.2 Å². The normalized spacial score (nSPS) is 11.0. The van der Waals surface area contributed by atoms with Crippen molar-refractivity contribution in [1.29, 1.82) is 0 Å². The van der Waals surface area contributed by atoms with Crippen molar-refractivity contribution in [3.05, 3.63) is 41.2 Å². The predicted octanol–water partition coefficient (Wildman–Crippen LogP) is 5.25. The highest BCUT2D eigenvalue weighted by Gasteiger charge is 2.10. The number of oxazole rings is 1. The lowest BCUT2D eigenvalue weighted by molar-refractivity contribution is 0.573. The summed E-state index contributed by atoms with van der Waals surface area (Å²) in [6.45, 7) is 2.10. The molecule has 0 aliphatic carbocycles. The third kappa shape index (κ3) is 4.04. The van der Waals surface area contributed by atoms with Crippen molar-refractivity contribution in [1.82, 2.24) is 15.2 Å². The minimum Gasteiger partial charge on any atom is -0.444 e. The van der Waals surface area contributed by atoms with E-state index >= 15 is 0 Å². The molecule has 0 saturated carbocycles. The van der Waals surface area contributed by atoms with Crippen LogP contribution >= 0.6 is 46.5 Å². The van der Waals surface area contributed by atoms with Gasteiger partial charge in [0, 0.05) is 16.3 Å². The van der Waals surface area contributed by atoms with E-state index in [-0.39, 0.29) is 0 Å². The second-order valence-corrected chi connectivity index (χ2v) is 8.36. The zero-order chi connectivity index (χ0) is 15.4. The lowest BCUT2D eigenvalue weighted by atomic mass is 10.2. The summed E-state index contributed by atoms with van der Waals surface area (Å²) in [5.74, 6) is 2.29. The SMILES string of the molecule is CCSc1nnc(SCc2coc(-c3cccc(Cl)c3)n2)s1. The molecule has 2 heterocycles. The zero-order valence-electron chi connectivity index (χ0n) is 11.7. The lowest BCUT2D eigenvalue weighted by Crippen LogP contribution is -1.82. The van der Waals surface area contributed by atoms with Gasteiger partial charge in [0.15, 0.2) is 8.68 Å². The first-order valence-corrected chi connectivity index (χ1v) is 9.70. The Morgan fingerprint density at radius 2 is 2.05 bits per heavy atom. The Morgan fingerprint density at radius 3 is 2.82 bits per heavy atom. The van der Waals surface area contributed by atoms with E-state index in [0.29, 0.717) is 16.7 Å². The monoisotopic (exact) mass is 369 g/mol. The minimum atomic E-state index is 0.581. The number of thioether (sulfide) groups is 2. The Kier molecular flexibility index (Phi) is 5.41.